The number of nitrogens with zero attached hydrogens (tertiary/aromatic N) is 1. The SMILES string of the molecule is CCCCOc1ccc(CC2CC(C#N)(c3ccc(OC)c(OC4CCCC4)c3)CCC2C(=O)OC)cc1OC. The summed E-state index contributed by atoms with van der Waals surface area (Å²) >= 11 is 0. The van der Waals surface area contributed by atoms with E-state index in [1.165, 1.54) is 20.0 Å². The number of methoxy groups -OCH3 is 3. The molecule has 0 N–H and O–H groups in total. The summed E-state index contributed by atoms with van der Waals surface area (Å²) in [6.45, 7) is 2.76. The van der Waals surface area contributed by atoms with Crippen LogP contribution < -0.4 is 18.9 Å². The summed E-state index contributed by atoms with van der Waals surface area (Å²) in [5.41, 5.74) is 1.20. The van der Waals surface area contributed by atoms with Gasteiger partial charge in [-0.25, -0.2) is 0 Å². The highest BCUT2D eigenvalue weighted by molar-refractivity contribution is 5.73. The molecule has 2 aromatic carbocycles. The molecule has 0 aliphatic heterocycles. The van der Waals surface area contributed by atoms with Crippen molar-refractivity contribution >= 4 is 5.97 Å². The zero-order chi connectivity index (χ0) is 28.5. The number of benzene rings is 2. The van der Waals surface area contributed by atoms with E-state index in [1.54, 1.807) is 14.2 Å². The van der Waals surface area contributed by atoms with Crippen LogP contribution in [0.25, 0.3) is 0 Å². The third-order valence-corrected chi connectivity index (χ3v) is 8.57. The van der Waals surface area contributed by atoms with Crippen molar-refractivity contribution in [3.8, 4) is 29.1 Å². The Labute approximate surface area is 238 Å². The molecule has 0 aromatic heterocycles. The van der Waals surface area contributed by atoms with Crippen LogP contribution in [-0.2, 0) is 21.4 Å². The topological polar surface area (TPSA) is 87.0 Å². The molecule has 0 bridgehead atoms. The lowest BCUT2D eigenvalue weighted by atomic mass is 9.62. The second kappa shape index (κ2) is 13.8. The molecule has 2 aliphatic carbocycles. The first kappa shape index (κ1) is 29.6. The molecule has 0 heterocycles. The molecule has 7 heteroatoms. The van der Waals surface area contributed by atoms with Crippen LogP contribution in [0.3, 0.4) is 0 Å². The zero-order valence-electron chi connectivity index (χ0n) is 24.4. The van der Waals surface area contributed by atoms with Gasteiger partial charge < -0.3 is 23.7 Å². The van der Waals surface area contributed by atoms with Gasteiger partial charge >= 0.3 is 5.97 Å². The van der Waals surface area contributed by atoms with Crippen LogP contribution in [0.5, 0.6) is 23.0 Å². The van der Waals surface area contributed by atoms with Gasteiger partial charge in [-0.1, -0.05) is 25.5 Å². The molecule has 2 saturated carbocycles. The predicted molar refractivity (Wildman–Crippen MR) is 153 cm³/mol. The Morgan fingerprint density at radius 2 is 1.73 bits per heavy atom. The Morgan fingerprint density at radius 3 is 2.40 bits per heavy atom. The quantitative estimate of drug-likeness (QED) is 0.213. The number of hydrogen-bond donors (Lipinski definition) is 0. The van der Waals surface area contributed by atoms with E-state index < -0.39 is 5.41 Å². The lowest BCUT2D eigenvalue weighted by Gasteiger charge is -2.40. The molecule has 3 atom stereocenters. The second-order valence-electron chi connectivity index (χ2n) is 11.1. The summed E-state index contributed by atoms with van der Waals surface area (Å²) < 4.78 is 28.7. The van der Waals surface area contributed by atoms with E-state index in [0.29, 0.717) is 55.3 Å². The number of unbranched alkanes of at least 4 members (excludes halogenated alkanes) is 1. The van der Waals surface area contributed by atoms with Gasteiger partial charge in [-0.2, -0.15) is 5.26 Å². The lowest BCUT2D eigenvalue weighted by Crippen LogP contribution is -2.40. The summed E-state index contributed by atoms with van der Waals surface area (Å²) in [5.74, 6) is 2.17. The number of esters is 1. The number of ether oxygens (including phenoxy) is 5. The van der Waals surface area contributed by atoms with Crippen molar-refractivity contribution in [2.45, 2.75) is 82.7 Å². The Morgan fingerprint density at radius 1 is 0.975 bits per heavy atom. The molecular formula is C33H43NO6. The third kappa shape index (κ3) is 6.66. The van der Waals surface area contributed by atoms with Crippen LogP contribution in [0.2, 0.25) is 0 Å². The molecule has 0 radical (unpaired) electrons. The van der Waals surface area contributed by atoms with E-state index >= 15 is 0 Å². The van der Waals surface area contributed by atoms with E-state index in [0.717, 1.165) is 36.8 Å². The molecule has 0 saturated heterocycles. The first-order valence-corrected chi connectivity index (χ1v) is 14.6. The molecule has 7 nitrogen and oxygen atoms in total. The van der Waals surface area contributed by atoms with Crippen molar-refractivity contribution in [1.82, 2.24) is 0 Å². The predicted octanol–water partition coefficient (Wildman–Crippen LogP) is 6.80. The lowest BCUT2D eigenvalue weighted by molar-refractivity contribution is -0.149. The van der Waals surface area contributed by atoms with E-state index in [9.17, 15) is 10.1 Å². The number of rotatable bonds is 12. The van der Waals surface area contributed by atoms with Crippen LogP contribution in [0, 0.1) is 23.2 Å². The summed E-state index contributed by atoms with van der Waals surface area (Å²) in [4.78, 5) is 12.9. The van der Waals surface area contributed by atoms with Crippen molar-refractivity contribution in [1.29, 1.82) is 5.26 Å². The molecular weight excluding hydrogens is 506 g/mol. The number of nitriles is 1. The van der Waals surface area contributed by atoms with Crippen LogP contribution >= 0.6 is 0 Å². The molecule has 2 fully saturated rings. The third-order valence-electron chi connectivity index (χ3n) is 8.57. The maximum Gasteiger partial charge on any atom is 0.308 e. The van der Waals surface area contributed by atoms with Crippen molar-refractivity contribution in [2.24, 2.45) is 11.8 Å². The maximum absolute atomic E-state index is 12.9. The smallest absolute Gasteiger partial charge is 0.308 e. The molecule has 4 rings (SSSR count). The van der Waals surface area contributed by atoms with Gasteiger partial charge in [0, 0.05) is 0 Å². The van der Waals surface area contributed by atoms with Crippen molar-refractivity contribution in [3.63, 3.8) is 0 Å². The minimum absolute atomic E-state index is 0.0845. The Balaban J connectivity index is 1.61. The van der Waals surface area contributed by atoms with Crippen molar-refractivity contribution < 1.29 is 28.5 Å². The fourth-order valence-electron chi connectivity index (χ4n) is 6.27. The summed E-state index contributed by atoms with van der Waals surface area (Å²) in [6.07, 6.45) is 8.91. The standard InChI is InChI=1S/C33H43NO6/c1-5-6-17-39-29-13-11-23(19-30(29)37-3)18-24-21-33(22-34,16-15-27(24)32(35)38-4)25-12-14-28(36-2)31(20-25)40-26-9-7-8-10-26/h11-14,19-20,24,26-27H,5-10,15-18,21H2,1-4H3. The fourth-order valence-corrected chi connectivity index (χ4v) is 6.27. The Kier molecular flexibility index (Phi) is 10.2. The minimum atomic E-state index is -0.747. The largest absolute Gasteiger partial charge is 0.493 e. The summed E-state index contributed by atoms with van der Waals surface area (Å²) in [5, 5.41) is 10.6. The van der Waals surface area contributed by atoms with Gasteiger partial charge in [0.05, 0.1) is 51.4 Å². The van der Waals surface area contributed by atoms with Crippen LogP contribution in [0.15, 0.2) is 36.4 Å². The fraction of sp³-hybridized carbons (Fsp3) is 0.576. The van der Waals surface area contributed by atoms with Crippen LogP contribution in [-0.4, -0.2) is 40.0 Å². The average molecular weight is 550 g/mol. The molecule has 2 aliphatic rings. The first-order valence-electron chi connectivity index (χ1n) is 14.6. The molecule has 40 heavy (non-hydrogen) atoms. The number of hydrogen-bond acceptors (Lipinski definition) is 7. The van der Waals surface area contributed by atoms with E-state index in [4.69, 9.17) is 23.7 Å². The maximum atomic E-state index is 12.9. The van der Waals surface area contributed by atoms with Gasteiger partial charge in [-0.3, -0.25) is 4.79 Å². The van der Waals surface area contributed by atoms with Crippen molar-refractivity contribution in [2.75, 3.05) is 27.9 Å². The van der Waals surface area contributed by atoms with E-state index in [2.05, 4.69) is 13.0 Å². The van der Waals surface area contributed by atoms with Gasteiger partial charge in [0.15, 0.2) is 23.0 Å². The second-order valence-corrected chi connectivity index (χ2v) is 11.1. The van der Waals surface area contributed by atoms with Gasteiger partial charge in [0.1, 0.15) is 0 Å². The molecule has 2 aromatic rings. The van der Waals surface area contributed by atoms with Gasteiger partial charge in [-0.05, 0) is 99.1 Å². The normalized spacial score (nSPS) is 22.8. The van der Waals surface area contributed by atoms with Crippen molar-refractivity contribution in [3.05, 3.63) is 47.5 Å². The van der Waals surface area contributed by atoms with Crippen LogP contribution in [0.1, 0.15) is 75.8 Å². The highest BCUT2D eigenvalue weighted by Gasteiger charge is 2.45. The van der Waals surface area contributed by atoms with E-state index in [1.807, 2.05) is 36.4 Å². The highest BCUT2D eigenvalue weighted by atomic mass is 16.5. The molecule has 216 valence electrons. The molecule has 0 amide bonds. The number of carbonyl (C=O) groups is 1. The van der Waals surface area contributed by atoms with Gasteiger partial charge in [-0.15, -0.1) is 0 Å². The summed E-state index contributed by atoms with van der Waals surface area (Å²) in [7, 11) is 4.72. The molecule has 3 unspecified atom stereocenters. The Bertz CT molecular complexity index is 1180. The number of carbonyl (C=O) groups excluding carboxylic acids is 1. The average Bonchev–Trinajstić information content (AvgIpc) is 3.50. The zero-order valence-corrected chi connectivity index (χ0v) is 24.4. The van der Waals surface area contributed by atoms with Gasteiger partial charge in [0.2, 0.25) is 0 Å². The first-order chi connectivity index (χ1) is 19.5. The highest BCUT2D eigenvalue weighted by Crippen LogP contribution is 2.48. The van der Waals surface area contributed by atoms with Gasteiger partial charge in [0.25, 0.3) is 0 Å². The summed E-state index contributed by atoms with van der Waals surface area (Å²) in [6, 6.07) is 14.5. The minimum Gasteiger partial charge on any atom is -0.493 e. The molecule has 0 spiro atoms. The van der Waals surface area contributed by atoms with Crippen LogP contribution in [0.4, 0.5) is 0 Å². The van der Waals surface area contributed by atoms with E-state index in [-0.39, 0.29) is 23.9 Å². The monoisotopic (exact) mass is 549 g/mol. The Hall–Kier alpha value is -3.40.